The van der Waals surface area contributed by atoms with Gasteiger partial charge in [0.25, 0.3) is 5.91 Å². The summed E-state index contributed by atoms with van der Waals surface area (Å²) in [6.07, 6.45) is -0.849. The van der Waals surface area contributed by atoms with Crippen molar-refractivity contribution in [2.75, 3.05) is 27.7 Å². The molecule has 148 valence electrons. The van der Waals surface area contributed by atoms with Crippen LogP contribution in [0.4, 0.5) is 4.79 Å². The van der Waals surface area contributed by atoms with Crippen LogP contribution in [0.25, 0.3) is 0 Å². The smallest absolute Gasteiger partial charge is 0.343 e. The van der Waals surface area contributed by atoms with Crippen LogP contribution in [0, 0.1) is 5.92 Å². The Hall–Kier alpha value is -2.92. The zero-order chi connectivity index (χ0) is 20.3. The quantitative estimate of drug-likeness (QED) is 0.314. The van der Waals surface area contributed by atoms with Gasteiger partial charge in [0.1, 0.15) is 18.6 Å². The van der Waals surface area contributed by atoms with Crippen molar-refractivity contribution in [3.05, 3.63) is 0 Å². The van der Waals surface area contributed by atoms with E-state index < -0.39 is 35.9 Å². The van der Waals surface area contributed by atoms with Crippen molar-refractivity contribution in [3.8, 4) is 0 Å². The number of nitrogens with one attached hydrogen (secondary N) is 4. The fraction of sp³-hybridized carbons (Fsp3) is 0.714. The van der Waals surface area contributed by atoms with E-state index in [9.17, 15) is 19.2 Å². The van der Waals surface area contributed by atoms with Crippen LogP contribution >= 0.6 is 0 Å². The van der Waals surface area contributed by atoms with E-state index in [-0.39, 0.29) is 12.5 Å². The lowest BCUT2D eigenvalue weighted by Gasteiger charge is -2.24. The summed E-state index contributed by atoms with van der Waals surface area (Å²) in [4.78, 5) is 51.5. The number of amides is 4. The molecule has 0 saturated heterocycles. The molecule has 0 aromatic carbocycles. The predicted molar refractivity (Wildman–Crippen MR) is 91.5 cm³/mol. The molecule has 0 unspecified atom stereocenters. The minimum absolute atomic E-state index is 0.0795. The monoisotopic (exact) mass is 373 g/mol. The first-order chi connectivity index (χ1) is 12.1. The Morgan fingerprint density at radius 2 is 1.69 bits per heavy atom. The van der Waals surface area contributed by atoms with Crippen LogP contribution in [-0.2, 0) is 19.2 Å². The van der Waals surface area contributed by atoms with Crippen molar-refractivity contribution in [1.82, 2.24) is 26.4 Å². The Morgan fingerprint density at radius 1 is 1.08 bits per heavy atom. The number of hydrogen-bond acceptors (Lipinski definition) is 7. The van der Waals surface area contributed by atoms with Gasteiger partial charge in [0.2, 0.25) is 11.8 Å². The van der Waals surface area contributed by atoms with Gasteiger partial charge < -0.3 is 20.8 Å². The zero-order valence-electron chi connectivity index (χ0n) is 15.8. The highest BCUT2D eigenvalue weighted by atomic mass is 16.7. The maximum atomic E-state index is 12.4. The molecule has 4 amide bonds. The Bertz CT molecular complexity index is 538. The number of carbonyl (C=O) groups is 4. The first kappa shape index (κ1) is 23.1. The van der Waals surface area contributed by atoms with Crippen molar-refractivity contribution in [1.29, 1.82) is 0 Å². The molecule has 0 aromatic heterocycles. The molecule has 0 aromatic rings. The summed E-state index contributed by atoms with van der Waals surface area (Å²) in [6.45, 7) is 4.83. The summed E-state index contributed by atoms with van der Waals surface area (Å²) >= 11 is 0. The van der Waals surface area contributed by atoms with E-state index in [4.69, 9.17) is 0 Å². The molecular formula is C14H27N7O5. The second kappa shape index (κ2) is 11.6. The number of rotatable bonds is 8. The van der Waals surface area contributed by atoms with Gasteiger partial charge in [0.05, 0.1) is 7.05 Å². The van der Waals surface area contributed by atoms with Crippen molar-refractivity contribution < 1.29 is 24.0 Å². The van der Waals surface area contributed by atoms with Crippen LogP contribution < -0.4 is 21.4 Å². The molecule has 2 atom stereocenters. The van der Waals surface area contributed by atoms with Gasteiger partial charge >= 0.3 is 6.09 Å². The fourth-order valence-electron chi connectivity index (χ4n) is 1.75. The van der Waals surface area contributed by atoms with E-state index in [1.165, 1.54) is 26.0 Å². The summed E-state index contributed by atoms with van der Waals surface area (Å²) in [7, 11) is 4.36. The molecule has 0 aliphatic heterocycles. The van der Waals surface area contributed by atoms with Crippen LogP contribution in [-0.4, -0.2) is 68.6 Å². The van der Waals surface area contributed by atoms with Gasteiger partial charge in [-0.15, -0.1) is 0 Å². The molecule has 0 aliphatic rings. The minimum atomic E-state index is -0.984. The number of nitrogens with zero attached hydrogens (tertiary/aromatic N) is 3. The molecule has 26 heavy (non-hydrogen) atoms. The zero-order valence-corrected chi connectivity index (χ0v) is 15.8. The highest BCUT2D eigenvalue weighted by Crippen LogP contribution is 2.03. The van der Waals surface area contributed by atoms with E-state index in [1.54, 1.807) is 20.9 Å². The molecule has 12 heteroatoms. The molecule has 0 rings (SSSR count). The average Bonchev–Trinajstić information content (AvgIpc) is 2.56. The van der Waals surface area contributed by atoms with E-state index in [0.717, 1.165) is 0 Å². The van der Waals surface area contributed by atoms with E-state index in [2.05, 4.69) is 31.1 Å². The molecule has 4 N–H and O–H groups in total. The van der Waals surface area contributed by atoms with Gasteiger partial charge in [-0.1, -0.05) is 19.1 Å². The Kier molecular flexibility index (Phi) is 10.3. The van der Waals surface area contributed by atoms with Gasteiger partial charge in [-0.2, -0.15) is 10.6 Å². The molecule has 0 saturated carbocycles. The standard InChI is InChI=1S/C14H27N7O5/c1-8(2)11(18-10(22)7-21(6)20-16-5)13(24)17-9(3)12(23)19-26-14(25)15-4/h8-9,11H,7H2,1-6H3,(H,15,25)(H,17,24)(H,18,22)(H,19,23)/b20-16-/t9-,11-/m0/s1. The third-order valence-electron chi connectivity index (χ3n) is 3.08. The first-order valence-corrected chi connectivity index (χ1v) is 7.91. The van der Waals surface area contributed by atoms with Crippen LogP contribution in [0.5, 0.6) is 0 Å². The maximum Gasteiger partial charge on any atom is 0.431 e. The molecule has 0 spiro atoms. The molecule has 0 fully saturated rings. The SMILES string of the molecule is C/N=N\N(C)CC(=O)N[C@H](C(=O)N[C@@H](C)C(=O)NOC(=O)NC)C(C)C. The maximum absolute atomic E-state index is 12.4. The molecule has 0 aliphatic carbocycles. The summed E-state index contributed by atoms with van der Waals surface area (Å²) < 4.78 is 0. The molecule has 0 radical (unpaired) electrons. The van der Waals surface area contributed by atoms with Gasteiger partial charge in [0, 0.05) is 14.1 Å². The van der Waals surface area contributed by atoms with Crippen molar-refractivity contribution in [3.63, 3.8) is 0 Å². The van der Waals surface area contributed by atoms with Crippen LogP contribution in [0.1, 0.15) is 20.8 Å². The fourth-order valence-corrected chi connectivity index (χ4v) is 1.75. The summed E-state index contributed by atoms with van der Waals surface area (Å²) in [5.74, 6) is -1.92. The second-order valence-electron chi connectivity index (χ2n) is 5.73. The van der Waals surface area contributed by atoms with Gasteiger partial charge in [0.15, 0.2) is 0 Å². The lowest BCUT2D eigenvalue weighted by atomic mass is 10.0. The van der Waals surface area contributed by atoms with Crippen molar-refractivity contribution in [2.24, 2.45) is 16.3 Å². The van der Waals surface area contributed by atoms with Gasteiger partial charge in [-0.3, -0.25) is 19.4 Å². The normalized spacial score (nSPS) is 12.9. The summed E-state index contributed by atoms with van der Waals surface area (Å²) in [6, 6.07) is -1.84. The average molecular weight is 373 g/mol. The predicted octanol–water partition coefficient (Wildman–Crippen LogP) is -1.05. The Balaban J connectivity index is 4.69. The Morgan fingerprint density at radius 3 is 2.19 bits per heavy atom. The third kappa shape index (κ3) is 8.80. The molecule has 0 heterocycles. The van der Waals surface area contributed by atoms with Crippen LogP contribution in [0.15, 0.2) is 10.3 Å². The molecular weight excluding hydrogens is 346 g/mol. The minimum Gasteiger partial charge on any atom is -0.343 e. The highest BCUT2D eigenvalue weighted by molar-refractivity contribution is 5.92. The first-order valence-electron chi connectivity index (χ1n) is 7.91. The topological polar surface area (TPSA) is 154 Å². The lowest BCUT2D eigenvalue weighted by Crippen LogP contribution is -2.55. The second-order valence-corrected chi connectivity index (χ2v) is 5.73. The largest absolute Gasteiger partial charge is 0.431 e. The number of hydroxylamine groups is 1. The van der Waals surface area contributed by atoms with E-state index in [1.807, 2.05) is 5.48 Å². The molecule has 0 bridgehead atoms. The van der Waals surface area contributed by atoms with Crippen LogP contribution in [0.3, 0.4) is 0 Å². The lowest BCUT2D eigenvalue weighted by molar-refractivity contribution is -0.136. The summed E-state index contributed by atoms with van der Waals surface area (Å²) in [5.41, 5.74) is 1.91. The number of hydrogen-bond donors (Lipinski definition) is 4. The Labute approximate surface area is 152 Å². The van der Waals surface area contributed by atoms with E-state index >= 15 is 0 Å². The van der Waals surface area contributed by atoms with Crippen molar-refractivity contribution >= 4 is 23.8 Å². The van der Waals surface area contributed by atoms with Gasteiger partial charge in [-0.05, 0) is 12.8 Å². The van der Waals surface area contributed by atoms with Crippen LogP contribution in [0.2, 0.25) is 0 Å². The molecule has 12 nitrogen and oxygen atoms in total. The highest BCUT2D eigenvalue weighted by Gasteiger charge is 2.27. The third-order valence-corrected chi connectivity index (χ3v) is 3.08. The number of likely N-dealkylation sites (N-methyl/N-ethyl adjacent to an activating group) is 1. The van der Waals surface area contributed by atoms with Crippen molar-refractivity contribution in [2.45, 2.75) is 32.9 Å². The summed E-state index contributed by atoms with van der Waals surface area (Å²) in [5, 5.41) is 15.7. The number of carbonyl (C=O) groups excluding carboxylic acids is 4. The van der Waals surface area contributed by atoms with Gasteiger partial charge in [-0.25, -0.2) is 4.79 Å². The van der Waals surface area contributed by atoms with E-state index in [0.29, 0.717) is 0 Å².